The molecule has 0 bridgehead atoms. The monoisotopic (exact) mass is 1290 g/mol. The third-order valence-corrected chi connectivity index (χ3v) is 17.2. The smallest absolute Gasteiger partial charge is 0.462 e. The van der Waals surface area contributed by atoms with E-state index in [2.05, 4.69) is 19.2 Å². The minimum atomic E-state index is -4.74. The number of ether oxygens (including phenoxy) is 8. The van der Waals surface area contributed by atoms with Crippen molar-refractivity contribution in [1.29, 1.82) is 0 Å². The van der Waals surface area contributed by atoms with Gasteiger partial charge in [-0.15, -0.1) is 0 Å². The molecule has 27 heteroatoms. The molecule has 1 amide bonds. The summed E-state index contributed by atoms with van der Waals surface area (Å²) in [5, 5.41) is 107. The van der Waals surface area contributed by atoms with Gasteiger partial charge in [-0.2, -0.15) is 0 Å². The molecule has 3 aliphatic heterocycles. The molecule has 3 aliphatic rings. The Morgan fingerprint density at radius 1 is 0.455 bits per heavy atom. The lowest BCUT2D eigenvalue weighted by molar-refractivity contribution is -0.366. The Morgan fingerprint density at radius 3 is 1.40 bits per heavy atom. The number of phosphoric ester groups is 1. The molecule has 0 aromatic heterocycles. The number of aliphatic hydroxyl groups is 10. The molecule has 0 spiro atoms. The maximum Gasteiger partial charge on any atom is 0.472 e. The Morgan fingerprint density at radius 2 is 0.886 bits per heavy atom. The number of unbranched alkanes of at least 4 members (excludes halogenated alkanes) is 26. The van der Waals surface area contributed by atoms with Gasteiger partial charge in [0.2, 0.25) is 5.91 Å². The van der Waals surface area contributed by atoms with Crippen molar-refractivity contribution in [3.05, 3.63) is 0 Å². The molecule has 3 fully saturated rings. The van der Waals surface area contributed by atoms with Crippen LogP contribution in [0.4, 0.5) is 0 Å². The van der Waals surface area contributed by atoms with Gasteiger partial charge in [-0.05, 0) is 25.7 Å². The molecular weight excluding hydrogens is 1180 g/mol. The van der Waals surface area contributed by atoms with Crippen LogP contribution in [0.15, 0.2) is 0 Å². The summed E-state index contributed by atoms with van der Waals surface area (Å²) in [5.74, 6) is -1.43. The standard InChI is InChI=1S/C61H114NO25P/c1-3-5-7-9-11-13-15-17-19-21-23-25-29-33-48(66)79-40-43(83-49(67)34-30-26-24-22-20-18-16-14-12-10-8-6-4-2)41-82-88(76,77)81-37-35-62-47(65)32-28-27-31-36-78-60-57(75)58(87-61-56(74)54(72)51(69)45(39-64)85-61)52(70)46(86-60)42-80-59-55(73)53(71)50(68)44(38-63)84-59/h43-46,50-61,63-64,68-75H,3-42H2,1-2H3,(H,62,65)(H,76,77)/t43?,44-,45-,46-,50-,51-,52-,53+,54+,55+,56+,57+,58+,59+,60+,61-/m1/s1. The van der Waals surface area contributed by atoms with Gasteiger partial charge in [-0.1, -0.05) is 174 Å². The number of phosphoric acid groups is 1. The quantitative estimate of drug-likeness (QED) is 0.0223. The normalized spacial score (nSPS) is 28.5. The number of hydrogen-bond acceptors (Lipinski definition) is 24. The number of aliphatic hydroxyl groups excluding tert-OH is 10. The number of esters is 2. The third-order valence-electron chi connectivity index (χ3n) is 16.2. The minimum absolute atomic E-state index is 0.0266. The van der Waals surface area contributed by atoms with Crippen LogP contribution in [-0.4, -0.2) is 225 Å². The van der Waals surface area contributed by atoms with E-state index < -0.39 is 157 Å². The summed E-state index contributed by atoms with van der Waals surface area (Å²) < 4.78 is 67.9. The molecule has 0 aromatic rings. The van der Waals surface area contributed by atoms with Crippen molar-refractivity contribution in [2.24, 2.45) is 0 Å². The minimum Gasteiger partial charge on any atom is -0.462 e. The average Bonchev–Trinajstić information content (AvgIpc) is 1.06. The van der Waals surface area contributed by atoms with E-state index in [-0.39, 0.29) is 39.0 Å². The van der Waals surface area contributed by atoms with E-state index in [9.17, 15) is 74.9 Å². The zero-order valence-electron chi connectivity index (χ0n) is 52.6. The van der Waals surface area contributed by atoms with Gasteiger partial charge in [0.05, 0.1) is 33.0 Å². The van der Waals surface area contributed by atoms with E-state index in [4.69, 9.17) is 46.9 Å². The van der Waals surface area contributed by atoms with Crippen LogP contribution in [0, 0.1) is 0 Å². The van der Waals surface area contributed by atoms with Crippen LogP contribution in [0.25, 0.3) is 0 Å². The van der Waals surface area contributed by atoms with Gasteiger partial charge < -0.3 is 99.2 Å². The fourth-order valence-corrected chi connectivity index (χ4v) is 11.4. The molecule has 0 aromatic carbocycles. The average molecular weight is 1290 g/mol. The molecule has 0 saturated carbocycles. The van der Waals surface area contributed by atoms with Crippen LogP contribution >= 0.6 is 7.82 Å². The number of carbonyl (C=O) groups is 3. The van der Waals surface area contributed by atoms with Crippen LogP contribution < -0.4 is 5.32 Å². The zero-order valence-corrected chi connectivity index (χ0v) is 53.5. The van der Waals surface area contributed by atoms with Gasteiger partial charge in [0.25, 0.3) is 0 Å². The van der Waals surface area contributed by atoms with Crippen LogP contribution in [-0.2, 0) is 65.9 Å². The zero-order chi connectivity index (χ0) is 64.5. The van der Waals surface area contributed by atoms with Crippen molar-refractivity contribution < 1.29 is 122 Å². The number of hydrogen-bond donors (Lipinski definition) is 12. The summed E-state index contributed by atoms with van der Waals surface area (Å²) in [6.07, 6.45) is 4.90. The van der Waals surface area contributed by atoms with Gasteiger partial charge in [0.1, 0.15) is 79.9 Å². The number of carbonyl (C=O) groups excluding carboxylic acids is 3. The number of amides is 1. The SMILES string of the molecule is CCCCCCCCCCCCCCCC(=O)OCC(COP(=O)(O)OCCNC(=O)CCCCCO[C@H]1O[C@H](CO[C@H]2O[C@H](CO)[C@@H](O)[C@H](O)[C@@H]2O)[C@@H](O)[C@H](O[C@H]2O[C@H](CO)[C@@H](O)[C@H](O)[C@@H]2O)[C@@H]1O)OC(=O)CCCCCCCCCCCCCCC. The van der Waals surface area contributed by atoms with E-state index in [1.54, 1.807) is 0 Å². The van der Waals surface area contributed by atoms with E-state index in [0.29, 0.717) is 32.1 Å². The van der Waals surface area contributed by atoms with Gasteiger partial charge in [0, 0.05) is 32.4 Å². The summed E-state index contributed by atoms with van der Waals surface area (Å²) in [7, 11) is -4.74. The molecule has 88 heavy (non-hydrogen) atoms. The summed E-state index contributed by atoms with van der Waals surface area (Å²) >= 11 is 0. The summed E-state index contributed by atoms with van der Waals surface area (Å²) in [5.41, 5.74) is 0. The lowest BCUT2D eigenvalue weighted by Gasteiger charge is -2.46. The Kier molecular flexibility index (Phi) is 43.4. The second kappa shape index (κ2) is 47.7. The molecule has 17 atom stereocenters. The molecule has 0 aliphatic carbocycles. The highest BCUT2D eigenvalue weighted by Crippen LogP contribution is 2.43. The van der Waals surface area contributed by atoms with Crippen molar-refractivity contribution in [2.75, 3.05) is 52.8 Å². The van der Waals surface area contributed by atoms with Gasteiger partial charge in [-0.25, -0.2) is 4.57 Å². The Bertz CT molecular complexity index is 1840. The van der Waals surface area contributed by atoms with Gasteiger partial charge in [-0.3, -0.25) is 23.4 Å². The fraction of sp³-hybridized carbons (Fsp3) is 0.951. The van der Waals surface area contributed by atoms with E-state index in [0.717, 1.165) is 44.9 Å². The fourth-order valence-electron chi connectivity index (χ4n) is 10.7. The highest BCUT2D eigenvalue weighted by atomic mass is 31.2. The first-order valence-electron chi connectivity index (χ1n) is 33.1. The van der Waals surface area contributed by atoms with Gasteiger partial charge >= 0.3 is 19.8 Å². The van der Waals surface area contributed by atoms with Crippen LogP contribution in [0.5, 0.6) is 0 Å². The molecule has 12 N–H and O–H groups in total. The van der Waals surface area contributed by atoms with Crippen molar-refractivity contribution in [1.82, 2.24) is 5.32 Å². The van der Waals surface area contributed by atoms with E-state index >= 15 is 0 Å². The second-order valence-corrected chi connectivity index (χ2v) is 25.2. The Labute approximate surface area is 521 Å². The first-order valence-corrected chi connectivity index (χ1v) is 34.6. The highest BCUT2D eigenvalue weighted by Gasteiger charge is 2.52. The molecule has 2 unspecified atom stereocenters. The molecule has 3 saturated heterocycles. The highest BCUT2D eigenvalue weighted by molar-refractivity contribution is 7.47. The Hall–Kier alpha value is -2.12. The van der Waals surface area contributed by atoms with Crippen LogP contribution in [0.2, 0.25) is 0 Å². The van der Waals surface area contributed by atoms with Crippen molar-refractivity contribution in [2.45, 2.75) is 318 Å². The topological polar surface area (TPSA) is 395 Å². The predicted molar refractivity (Wildman–Crippen MR) is 320 cm³/mol. The number of nitrogens with one attached hydrogen (secondary N) is 1. The van der Waals surface area contributed by atoms with E-state index in [1.807, 2.05) is 0 Å². The predicted octanol–water partition coefficient (Wildman–Crippen LogP) is 4.68. The first-order chi connectivity index (χ1) is 42.4. The largest absolute Gasteiger partial charge is 0.472 e. The Balaban J connectivity index is 1.42. The lowest BCUT2D eigenvalue weighted by atomic mass is 9.96. The molecule has 0 radical (unpaired) electrons. The summed E-state index contributed by atoms with van der Waals surface area (Å²) in [6.45, 7) is 0.622. The van der Waals surface area contributed by atoms with Crippen molar-refractivity contribution in [3.8, 4) is 0 Å². The molecule has 3 heterocycles. The van der Waals surface area contributed by atoms with Gasteiger partial charge in [0.15, 0.2) is 25.0 Å². The van der Waals surface area contributed by atoms with E-state index in [1.165, 1.54) is 109 Å². The molecular formula is C61H114NO25P. The van der Waals surface area contributed by atoms with Crippen LogP contribution in [0.1, 0.15) is 219 Å². The van der Waals surface area contributed by atoms with Crippen molar-refractivity contribution in [3.63, 3.8) is 0 Å². The summed E-state index contributed by atoms with van der Waals surface area (Å²) in [4.78, 5) is 48.8. The molecule has 518 valence electrons. The lowest BCUT2D eigenvalue weighted by Crippen LogP contribution is -2.65. The number of rotatable bonds is 52. The summed E-state index contributed by atoms with van der Waals surface area (Å²) in [6, 6.07) is 0. The second-order valence-electron chi connectivity index (χ2n) is 23.8. The maximum atomic E-state index is 12.9. The molecule has 3 rings (SSSR count). The van der Waals surface area contributed by atoms with Crippen LogP contribution in [0.3, 0.4) is 0 Å². The maximum absolute atomic E-state index is 12.9. The molecule has 26 nitrogen and oxygen atoms in total. The first kappa shape index (κ1) is 80.1. The third kappa shape index (κ3) is 32.6. The van der Waals surface area contributed by atoms with Crippen molar-refractivity contribution >= 4 is 25.7 Å².